The normalized spacial score (nSPS) is 12.0. The molecule has 0 saturated heterocycles. The van der Waals surface area contributed by atoms with E-state index in [1.54, 1.807) is 24.3 Å². The van der Waals surface area contributed by atoms with Crippen molar-refractivity contribution in [2.75, 3.05) is 0 Å². The van der Waals surface area contributed by atoms with E-state index in [0.29, 0.717) is 16.8 Å². The third kappa shape index (κ3) is 2.63. The van der Waals surface area contributed by atoms with Crippen molar-refractivity contribution in [2.24, 2.45) is 0 Å². The van der Waals surface area contributed by atoms with Gasteiger partial charge in [0.1, 0.15) is 17.2 Å². The summed E-state index contributed by atoms with van der Waals surface area (Å²) >= 11 is 0. The van der Waals surface area contributed by atoms with E-state index in [0.717, 1.165) is 23.6 Å². The highest BCUT2D eigenvalue weighted by atomic mass is 19.4. The molecule has 0 bridgehead atoms. The van der Waals surface area contributed by atoms with Crippen LogP contribution in [0.15, 0.2) is 69.9 Å². The lowest BCUT2D eigenvalue weighted by Gasteiger charge is -2.10. The summed E-state index contributed by atoms with van der Waals surface area (Å²) in [5.41, 5.74) is -1.46. The van der Waals surface area contributed by atoms with Crippen LogP contribution >= 0.6 is 0 Å². The second kappa shape index (κ2) is 5.69. The Balaban J connectivity index is 1.94. The molecular weight excluding hydrogens is 348 g/mol. The number of alkyl halides is 3. The Morgan fingerprint density at radius 2 is 1.65 bits per heavy atom. The van der Waals surface area contributed by atoms with Gasteiger partial charge in [-0.25, -0.2) is 4.39 Å². The van der Waals surface area contributed by atoms with Gasteiger partial charge in [0, 0.05) is 6.07 Å². The third-order valence-corrected chi connectivity index (χ3v) is 4.18. The van der Waals surface area contributed by atoms with E-state index in [-0.39, 0.29) is 16.9 Å². The molecule has 0 amide bonds. The summed E-state index contributed by atoms with van der Waals surface area (Å²) in [4.78, 5) is 12.6. The summed E-state index contributed by atoms with van der Waals surface area (Å²) in [5, 5.41) is 1.89. The number of hydrogen-bond acceptors (Lipinski definition) is 2. The van der Waals surface area contributed by atoms with Crippen LogP contribution in [0.4, 0.5) is 17.6 Å². The standard InChI is InChI=1S/C20H10F4O2/c21-15-9-12(20(22,23)24)6-7-14(15)18-10-16(25)19-13-4-2-1-3-11(13)5-8-17(19)26-18/h1-10H. The number of benzene rings is 3. The highest BCUT2D eigenvalue weighted by molar-refractivity contribution is 6.05. The zero-order chi connectivity index (χ0) is 18.5. The topological polar surface area (TPSA) is 30.2 Å². The first-order valence-corrected chi connectivity index (χ1v) is 7.67. The summed E-state index contributed by atoms with van der Waals surface area (Å²) in [7, 11) is 0. The van der Waals surface area contributed by atoms with Crippen LogP contribution in [-0.2, 0) is 6.18 Å². The average molecular weight is 358 g/mol. The van der Waals surface area contributed by atoms with E-state index in [4.69, 9.17) is 4.42 Å². The van der Waals surface area contributed by atoms with Crippen molar-refractivity contribution >= 4 is 21.7 Å². The second-order valence-electron chi connectivity index (χ2n) is 5.83. The van der Waals surface area contributed by atoms with Crippen LogP contribution in [0.25, 0.3) is 33.1 Å². The van der Waals surface area contributed by atoms with Gasteiger partial charge in [0.05, 0.1) is 16.5 Å². The first-order chi connectivity index (χ1) is 12.3. The molecule has 1 aromatic heterocycles. The summed E-state index contributed by atoms with van der Waals surface area (Å²) in [5.74, 6) is -1.23. The predicted octanol–water partition coefficient (Wildman–Crippen LogP) is 5.77. The van der Waals surface area contributed by atoms with Crippen LogP contribution in [0, 0.1) is 5.82 Å². The van der Waals surface area contributed by atoms with Crippen LogP contribution in [-0.4, -0.2) is 0 Å². The van der Waals surface area contributed by atoms with Crippen molar-refractivity contribution in [3.8, 4) is 11.3 Å². The molecule has 0 N–H and O–H groups in total. The van der Waals surface area contributed by atoms with Crippen molar-refractivity contribution in [3.63, 3.8) is 0 Å². The molecule has 2 nitrogen and oxygen atoms in total. The Bertz CT molecular complexity index is 1210. The minimum Gasteiger partial charge on any atom is -0.456 e. The molecule has 1 heterocycles. The van der Waals surface area contributed by atoms with E-state index < -0.39 is 23.0 Å². The van der Waals surface area contributed by atoms with Crippen molar-refractivity contribution in [1.82, 2.24) is 0 Å². The zero-order valence-corrected chi connectivity index (χ0v) is 13.1. The van der Waals surface area contributed by atoms with Gasteiger partial charge in [0.2, 0.25) is 0 Å². The highest BCUT2D eigenvalue weighted by Crippen LogP contribution is 2.33. The van der Waals surface area contributed by atoms with E-state index in [1.807, 2.05) is 12.1 Å². The molecular formula is C20H10F4O2. The quantitative estimate of drug-likeness (QED) is 0.319. The average Bonchev–Trinajstić information content (AvgIpc) is 2.60. The fourth-order valence-electron chi connectivity index (χ4n) is 2.95. The van der Waals surface area contributed by atoms with Gasteiger partial charge in [-0.15, -0.1) is 0 Å². The minimum atomic E-state index is -4.65. The number of rotatable bonds is 1. The van der Waals surface area contributed by atoms with Crippen LogP contribution in [0.2, 0.25) is 0 Å². The summed E-state index contributed by atoms with van der Waals surface area (Å²) < 4.78 is 57.9. The maximum Gasteiger partial charge on any atom is 0.416 e. The molecule has 130 valence electrons. The Kier molecular flexibility index (Phi) is 3.57. The van der Waals surface area contributed by atoms with Crippen LogP contribution in [0.5, 0.6) is 0 Å². The van der Waals surface area contributed by atoms with E-state index in [1.165, 1.54) is 0 Å². The Morgan fingerprint density at radius 3 is 2.38 bits per heavy atom. The van der Waals surface area contributed by atoms with Crippen LogP contribution in [0.3, 0.4) is 0 Å². The molecule has 0 atom stereocenters. The molecule has 0 aliphatic heterocycles. The Labute approximate surface area is 144 Å². The number of halogens is 4. The van der Waals surface area contributed by atoms with Gasteiger partial charge in [-0.1, -0.05) is 30.3 Å². The molecule has 4 rings (SSSR count). The van der Waals surface area contributed by atoms with Crippen molar-refractivity contribution in [2.45, 2.75) is 6.18 Å². The lowest BCUT2D eigenvalue weighted by molar-refractivity contribution is -0.137. The molecule has 0 unspecified atom stereocenters. The molecule has 0 fully saturated rings. The smallest absolute Gasteiger partial charge is 0.416 e. The first-order valence-electron chi connectivity index (χ1n) is 7.67. The lowest BCUT2D eigenvalue weighted by atomic mass is 10.0. The first kappa shape index (κ1) is 16.3. The summed E-state index contributed by atoms with van der Waals surface area (Å²) in [6, 6.07) is 13.8. The summed E-state index contributed by atoms with van der Waals surface area (Å²) in [6.45, 7) is 0. The van der Waals surface area contributed by atoms with E-state index in [9.17, 15) is 22.4 Å². The molecule has 0 aliphatic rings. The highest BCUT2D eigenvalue weighted by Gasteiger charge is 2.31. The van der Waals surface area contributed by atoms with Gasteiger partial charge in [0.15, 0.2) is 5.43 Å². The molecule has 6 heteroatoms. The lowest BCUT2D eigenvalue weighted by Crippen LogP contribution is -2.06. The van der Waals surface area contributed by atoms with Crippen molar-refractivity contribution in [1.29, 1.82) is 0 Å². The fraction of sp³-hybridized carbons (Fsp3) is 0.0500. The predicted molar refractivity (Wildman–Crippen MR) is 90.4 cm³/mol. The Morgan fingerprint density at radius 1 is 0.885 bits per heavy atom. The molecule has 0 aliphatic carbocycles. The SMILES string of the molecule is O=c1cc(-c2ccc(C(F)(F)F)cc2F)oc2ccc3ccccc3c12. The second-order valence-corrected chi connectivity index (χ2v) is 5.83. The van der Waals surface area contributed by atoms with E-state index >= 15 is 0 Å². The Hall–Kier alpha value is -3.15. The minimum absolute atomic E-state index is 0.121. The maximum absolute atomic E-state index is 14.2. The fourth-order valence-corrected chi connectivity index (χ4v) is 2.95. The van der Waals surface area contributed by atoms with Gasteiger partial charge in [-0.2, -0.15) is 13.2 Å². The monoisotopic (exact) mass is 358 g/mol. The maximum atomic E-state index is 14.2. The van der Waals surface area contributed by atoms with Gasteiger partial charge < -0.3 is 4.42 Å². The molecule has 3 aromatic carbocycles. The molecule has 0 spiro atoms. The molecule has 4 aromatic rings. The van der Waals surface area contributed by atoms with Crippen LogP contribution < -0.4 is 5.43 Å². The van der Waals surface area contributed by atoms with Crippen LogP contribution in [0.1, 0.15) is 5.56 Å². The van der Waals surface area contributed by atoms with Crippen molar-refractivity contribution in [3.05, 3.63) is 82.3 Å². The largest absolute Gasteiger partial charge is 0.456 e. The molecule has 0 saturated carbocycles. The number of hydrogen-bond donors (Lipinski definition) is 0. The van der Waals surface area contributed by atoms with Gasteiger partial charge in [-0.3, -0.25) is 4.79 Å². The molecule has 26 heavy (non-hydrogen) atoms. The molecule has 0 radical (unpaired) electrons. The third-order valence-electron chi connectivity index (χ3n) is 4.18. The van der Waals surface area contributed by atoms with Gasteiger partial charge in [0.25, 0.3) is 0 Å². The van der Waals surface area contributed by atoms with Gasteiger partial charge >= 0.3 is 6.18 Å². The zero-order valence-electron chi connectivity index (χ0n) is 13.1. The number of fused-ring (bicyclic) bond motifs is 3. The van der Waals surface area contributed by atoms with Gasteiger partial charge in [-0.05, 0) is 35.0 Å². The van der Waals surface area contributed by atoms with Crippen molar-refractivity contribution < 1.29 is 22.0 Å². The summed E-state index contributed by atoms with van der Waals surface area (Å²) in [6.07, 6.45) is -4.65. The van der Waals surface area contributed by atoms with E-state index in [2.05, 4.69) is 0 Å².